The van der Waals surface area contributed by atoms with Crippen molar-refractivity contribution in [1.29, 1.82) is 0 Å². The maximum atomic E-state index is 12.4. The quantitative estimate of drug-likeness (QED) is 0.776. The highest BCUT2D eigenvalue weighted by Crippen LogP contribution is 2.30. The van der Waals surface area contributed by atoms with Crippen molar-refractivity contribution in [2.45, 2.75) is 44.3 Å². The van der Waals surface area contributed by atoms with E-state index >= 15 is 0 Å². The zero-order valence-electron chi connectivity index (χ0n) is 15.4. The smallest absolute Gasteiger partial charge is 0.230 e. The normalized spacial score (nSPS) is 23.0. The van der Waals surface area contributed by atoms with Crippen molar-refractivity contribution in [2.75, 3.05) is 5.75 Å². The fourth-order valence-corrected chi connectivity index (χ4v) is 4.30. The molecule has 3 rings (SSSR count). The maximum absolute atomic E-state index is 12.4. The minimum atomic E-state index is 0.0667. The fraction of sp³-hybridized carbons (Fsp3) is 0.526. The summed E-state index contributed by atoms with van der Waals surface area (Å²) in [6.07, 6.45) is 3.53. The van der Waals surface area contributed by atoms with Gasteiger partial charge in [-0.15, -0.1) is 10.2 Å². The number of benzene rings is 1. The molecule has 1 aliphatic carbocycles. The minimum Gasteiger partial charge on any atom is -0.352 e. The van der Waals surface area contributed by atoms with Gasteiger partial charge in [-0.3, -0.25) is 4.79 Å². The largest absolute Gasteiger partial charge is 0.352 e. The molecule has 1 amide bonds. The lowest BCUT2D eigenvalue weighted by Crippen LogP contribution is -2.44. The van der Waals surface area contributed by atoms with Gasteiger partial charge in [-0.05, 0) is 42.5 Å². The number of amides is 1. The molecule has 1 aliphatic rings. The second-order valence-corrected chi connectivity index (χ2v) is 8.48. The van der Waals surface area contributed by atoms with Crippen molar-refractivity contribution in [3.8, 4) is 11.4 Å². The van der Waals surface area contributed by atoms with E-state index in [1.807, 2.05) is 35.9 Å². The molecule has 140 valence electrons. The molecule has 0 radical (unpaired) electrons. The predicted molar refractivity (Wildman–Crippen MR) is 106 cm³/mol. The van der Waals surface area contributed by atoms with Gasteiger partial charge in [0.25, 0.3) is 0 Å². The van der Waals surface area contributed by atoms with Crippen molar-refractivity contribution in [3.63, 3.8) is 0 Å². The predicted octanol–water partition coefficient (Wildman–Crippen LogP) is 4.17. The summed E-state index contributed by atoms with van der Waals surface area (Å²) in [6, 6.07) is 7.78. The van der Waals surface area contributed by atoms with Crippen LogP contribution in [0.3, 0.4) is 0 Å². The second-order valence-electron chi connectivity index (χ2n) is 7.10. The summed E-state index contributed by atoms with van der Waals surface area (Å²) in [7, 11) is 1.91. The van der Waals surface area contributed by atoms with Gasteiger partial charge in [0.2, 0.25) is 5.91 Å². The molecule has 3 atom stereocenters. The molecule has 2 aromatic rings. The monoisotopic (exact) mass is 392 g/mol. The molecule has 1 heterocycles. The lowest BCUT2D eigenvalue weighted by molar-refractivity contribution is -0.120. The van der Waals surface area contributed by atoms with Gasteiger partial charge in [0.05, 0.1) is 5.75 Å². The Hall–Kier alpha value is -1.53. The van der Waals surface area contributed by atoms with Crippen molar-refractivity contribution in [1.82, 2.24) is 20.1 Å². The fourth-order valence-electron chi connectivity index (χ4n) is 3.46. The van der Waals surface area contributed by atoms with Gasteiger partial charge in [-0.25, -0.2) is 0 Å². The highest BCUT2D eigenvalue weighted by Gasteiger charge is 2.28. The number of nitrogens with zero attached hydrogens (tertiary/aromatic N) is 3. The molecule has 1 N–H and O–H groups in total. The number of hydrogen-bond donors (Lipinski definition) is 1. The average molecular weight is 393 g/mol. The first kappa shape index (κ1) is 19.2. The molecule has 1 fully saturated rings. The molecule has 7 heteroatoms. The van der Waals surface area contributed by atoms with Crippen LogP contribution in [-0.2, 0) is 11.8 Å². The standard InChI is InChI=1S/C19H25ClN4OS/c1-12-5-4-6-16(13(12)2)21-17(25)11-26-19-23-22-18(24(19)3)14-7-9-15(20)10-8-14/h7-10,12-13,16H,4-6,11H2,1-3H3,(H,21,25)/t12-,13-,16-/m1/s1. The number of nitrogens with one attached hydrogen (secondary N) is 1. The van der Waals surface area contributed by atoms with Crippen LogP contribution in [0.15, 0.2) is 29.4 Å². The zero-order valence-corrected chi connectivity index (χ0v) is 17.0. The summed E-state index contributed by atoms with van der Waals surface area (Å²) in [6.45, 7) is 4.51. The third kappa shape index (κ3) is 4.41. The Kier molecular flexibility index (Phi) is 6.24. The first-order chi connectivity index (χ1) is 12.5. The molecule has 5 nitrogen and oxygen atoms in total. The van der Waals surface area contributed by atoms with Crippen molar-refractivity contribution in [3.05, 3.63) is 29.3 Å². The average Bonchev–Trinajstić information content (AvgIpc) is 2.99. The summed E-state index contributed by atoms with van der Waals surface area (Å²) in [5.74, 6) is 2.38. The number of halogens is 1. The first-order valence-corrected chi connectivity index (χ1v) is 10.4. The Labute approximate surface area is 163 Å². The van der Waals surface area contributed by atoms with Crippen LogP contribution in [0.4, 0.5) is 0 Å². The van der Waals surface area contributed by atoms with E-state index in [4.69, 9.17) is 11.6 Å². The number of hydrogen-bond acceptors (Lipinski definition) is 4. The number of aromatic nitrogens is 3. The molecule has 1 saturated carbocycles. The van der Waals surface area contributed by atoms with E-state index in [9.17, 15) is 4.79 Å². The van der Waals surface area contributed by atoms with Crippen LogP contribution in [0.25, 0.3) is 11.4 Å². The Morgan fingerprint density at radius 2 is 2.00 bits per heavy atom. The highest BCUT2D eigenvalue weighted by molar-refractivity contribution is 7.99. The Bertz CT molecular complexity index is 761. The van der Waals surface area contributed by atoms with E-state index in [1.54, 1.807) is 0 Å². The van der Waals surface area contributed by atoms with Crippen molar-refractivity contribution < 1.29 is 4.79 Å². The van der Waals surface area contributed by atoms with E-state index in [2.05, 4.69) is 29.4 Å². The Morgan fingerprint density at radius 3 is 2.73 bits per heavy atom. The van der Waals surface area contributed by atoms with Crippen LogP contribution in [0, 0.1) is 11.8 Å². The third-order valence-corrected chi connectivity index (χ3v) is 6.60. The Balaban J connectivity index is 1.58. The first-order valence-electron chi connectivity index (χ1n) is 9.03. The summed E-state index contributed by atoms with van der Waals surface area (Å²) in [4.78, 5) is 12.4. The summed E-state index contributed by atoms with van der Waals surface area (Å²) in [5.41, 5.74) is 0.950. The van der Waals surface area contributed by atoms with Crippen LogP contribution in [0.1, 0.15) is 33.1 Å². The molecule has 1 aromatic heterocycles. The van der Waals surface area contributed by atoms with E-state index in [0.717, 1.165) is 23.0 Å². The van der Waals surface area contributed by atoms with Crippen LogP contribution in [0.5, 0.6) is 0 Å². The molecule has 0 spiro atoms. The SMILES string of the molecule is C[C@@H]1[C@H](C)CCC[C@H]1NC(=O)CSc1nnc(-c2ccc(Cl)cc2)n1C. The van der Waals surface area contributed by atoms with Gasteiger partial charge < -0.3 is 9.88 Å². The number of carbonyl (C=O) groups excluding carboxylic acids is 1. The van der Waals surface area contributed by atoms with Gasteiger partial charge >= 0.3 is 0 Å². The third-order valence-electron chi connectivity index (χ3n) is 5.32. The zero-order chi connectivity index (χ0) is 18.7. The van der Waals surface area contributed by atoms with E-state index < -0.39 is 0 Å². The molecular formula is C19H25ClN4OS. The molecule has 0 saturated heterocycles. The number of rotatable bonds is 5. The minimum absolute atomic E-state index is 0.0667. The summed E-state index contributed by atoms with van der Waals surface area (Å²) >= 11 is 7.35. The number of thioether (sulfide) groups is 1. The highest BCUT2D eigenvalue weighted by atomic mass is 35.5. The van der Waals surface area contributed by atoms with Gasteiger partial charge in [-0.2, -0.15) is 0 Å². The van der Waals surface area contributed by atoms with Crippen LogP contribution >= 0.6 is 23.4 Å². The lowest BCUT2D eigenvalue weighted by atomic mass is 9.78. The van der Waals surface area contributed by atoms with Gasteiger partial charge in [0.15, 0.2) is 11.0 Å². The van der Waals surface area contributed by atoms with Crippen LogP contribution in [0.2, 0.25) is 5.02 Å². The molecule has 26 heavy (non-hydrogen) atoms. The van der Waals surface area contributed by atoms with Gasteiger partial charge in [0, 0.05) is 23.7 Å². The summed E-state index contributed by atoms with van der Waals surface area (Å²) < 4.78 is 1.91. The molecular weight excluding hydrogens is 368 g/mol. The molecule has 0 unspecified atom stereocenters. The van der Waals surface area contributed by atoms with Gasteiger partial charge in [0.1, 0.15) is 0 Å². The van der Waals surface area contributed by atoms with Crippen LogP contribution < -0.4 is 5.32 Å². The van der Waals surface area contributed by atoms with E-state index in [1.165, 1.54) is 24.6 Å². The van der Waals surface area contributed by atoms with Crippen LogP contribution in [-0.4, -0.2) is 32.5 Å². The van der Waals surface area contributed by atoms with Crippen molar-refractivity contribution >= 4 is 29.3 Å². The number of carbonyl (C=O) groups is 1. The van der Waals surface area contributed by atoms with Gasteiger partial charge in [-0.1, -0.05) is 50.1 Å². The van der Waals surface area contributed by atoms with E-state index in [-0.39, 0.29) is 11.9 Å². The van der Waals surface area contributed by atoms with Crippen molar-refractivity contribution in [2.24, 2.45) is 18.9 Å². The summed E-state index contributed by atoms with van der Waals surface area (Å²) in [5, 5.41) is 13.1. The topological polar surface area (TPSA) is 59.8 Å². The molecule has 0 bridgehead atoms. The Morgan fingerprint density at radius 1 is 1.27 bits per heavy atom. The maximum Gasteiger partial charge on any atom is 0.230 e. The van der Waals surface area contributed by atoms with E-state index in [0.29, 0.717) is 22.6 Å². The molecule has 1 aromatic carbocycles. The second kappa shape index (κ2) is 8.44. The molecule has 0 aliphatic heterocycles. The lowest BCUT2D eigenvalue weighted by Gasteiger charge is -2.34.